The van der Waals surface area contributed by atoms with E-state index in [1.807, 2.05) is 24.3 Å². The number of halogens is 2. The molecule has 4 aromatic rings. The van der Waals surface area contributed by atoms with Crippen LogP contribution in [0, 0.1) is 0 Å². The molecule has 0 spiro atoms. The number of rotatable bonds is 16. The second-order valence-electron chi connectivity index (χ2n) is 14.7. The van der Waals surface area contributed by atoms with Crippen LogP contribution >= 0.6 is 0 Å². The molecule has 2 N–H and O–H groups in total. The topological polar surface area (TPSA) is 120 Å². The van der Waals surface area contributed by atoms with Gasteiger partial charge in [0, 0.05) is 25.7 Å². The summed E-state index contributed by atoms with van der Waals surface area (Å²) in [7, 11) is 24.1. The summed E-state index contributed by atoms with van der Waals surface area (Å²) in [5.74, 6) is 7.92. The van der Waals surface area contributed by atoms with Crippen molar-refractivity contribution in [3.63, 3.8) is 0 Å². The van der Waals surface area contributed by atoms with Crippen LogP contribution in [-0.4, -0.2) is 113 Å². The van der Waals surface area contributed by atoms with Crippen molar-refractivity contribution in [3.05, 3.63) is 69.8 Å². The summed E-state index contributed by atoms with van der Waals surface area (Å²) in [4.78, 5) is 2.81. The molecule has 6 rings (SSSR count). The number of quaternary nitrogens is 2. The molecule has 0 aromatic heterocycles. The molecule has 0 aliphatic carbocycles. The molecule has 0 amide bonds. The molecule has 0 fully saturated rings. The number of likely N-dealkylation sites (N-methyl/N-ethyl adjacent to an activating group) is 2. The van der Waals surface area contributed by atoms with Crippen LogP contribution in [0.1, 0.15) is 45.5 Å². The first-order chi connectivity index (χ1) is 29.0. The highest BCUT2D eigenvalue weighted by Crippen LogP contribution is 2.48. The fourth-order valence-electron chi connectivity index (χ4n) is 8.67. The molecular formula is C46H64Cl2N2O12. The van der Waals surface area contributed by atoms with Gasteiger partial charge in [0.2, 0.25) is 23.0 Å². The Labute approximate surface area is 379 Å². The summed E-state index contributed by atoms with van der Waals surface area (Å²) in [6.45, 7) is 2.03. The monoisotopic (exact) mass is 906 g/mol. The van der Waals surface area contributed by atoms with E-state index < -0.39 is 0 Å². The van der Waals surface area contributed by atoms with Crippen molar-refractivity contribution < 1.29 is 91.5 Å². The zero-order chi connectivity index (χ0) is 43.7. The van der Waals surface area contributed by atoms with Crippen LogP contribution in [0.15, 0.2) is 36.4 Å². The van der Waals surface area contributed by atoms with Gasteiger partial charge < -0.3 is 91.5 Å². The van der Waals surface area contributed by atoms with E-state index in [-0.39, 0.29) is 36.9 Å². The molecule has 344 valence electrons. The largest absolute Gasteiger partial charge is 1.00 e. The van der Waals surface area contributed by atoms with Crippen molar-refractivity contribution in [1.29, 1.82) is 0 Å². The Bertz CT molecular complexity index is 1910. The van der Waals surface area contributed by atoms with Gasteiger partial charge in [0.15, 0.2) is 46.0 Å². The predicted molar refractivity (Wildman–Crippen MR) is 228 cm³/mol. The van der Waals surface area contributed by atoms with Crippen LogP contribution in [-0.2, 0) is 25.7 Å². The molecule has 0 radical (unpaired) electrons. The Morgan fingerprint density at radius 1 is 0.371 bits per heavy atom. The normalized spacial score (nSPS) is 17.1. The molecule has 14 nitrogen and oxygen atoms in total. The highest BCUT2D eigenvalue weighted by Gasteiger charge is 2.37. The Morgan fingerprint density at radius 2 is 0.629 bits per heavy atom. The number of benzene rings is 4. The average Bonchev–Trinajstić information content (AvgIpc) is 3.28. The van der Waals surface area contributed by atoms with Gasteiger partial charge in [0.1, 0.15) is 12.1 Å². The molecule has 4 unspecified atom stereocenters. The van der Waals surface area contributed by atoms with Gasteiger partial charge in [-0.1, -0.05) is 0 Å². The summed E-state index contributed by atoms with van der Waals surface area (Å²) in [5, 5.41) is 0. The second kappa shape index (κ2) is 23.4. The van der Waals surface area contributed by atoms with Gasteiger partial charge in [-0.05, 0) is 58.7 Å². The summed E-state index contributed by atoms with van der Waals surface area (Å²) in [5.41, 5.74) is 6.97. The van der Waals surface area contributed by atoms with Crippen molar-refractivity contribution in [3.8, 4) is 69.0 Å². The van der Waals surface area contributed by atoms with Crippen LogP contribution < -0.4 is 91.5 Å². The van der Waals surface area contributed by atoms with E-state index >= 15 is 0 Å². The molecule has 16 heteroatoms. The van der Waals surface area contributed by atoms with E-state index in [1.165, 1.54) is 20.9 Å². The number of hydrogen-bond donors (Lipinski definition) is 2. The highest BCUT2D eigenvalue weighted by molar-refractivity contribution is 5.62. The van der Waals surface area contributed by atoms with Crippen molar-refractivity contribution in [2.75, 3.05) is 113 Å². The van der Waals surface area contributed by atoms with E-state index in [0.717, 1.165) is 72.5 Å². The average molecular weight is 908 g/mol. The first-order valence-corrected chi connectivity index (χ1v) is 19.9. The lowest BCUT2D eigenvalue weighted by molar-refractivity contribution is -0.914. The predicted octanol–water partition coefficient (Wildman–Crippen LogP) is -1.81. The Hall–Kier alpha value is -5.02. The summed E-state index contributed by atoms with van der Waals surface area (Å²) >= 11 is 0. The minimum Gasteiger partial charge on any atom is -1.00 e. The molecule has 0 saturated heterocycles. The highest BCUT2D eigenvalue weighted by atomic mass is 35.5. The molecular weight excluding hydrogens is 843 g/mol. The minimum atomic E-state index is 0. The van der Waals surface area contributed by atoms with E-state index in [1.54, 1.807) is 85.3 Å². The molecule has 4 aromatic carbocycles. The lowest BCUT2D eigenvalue weighted by Crippen LogP contribution is -3.10. The minimum absolute atomic E-state index is 0. The number of nitrogens with one attached hydrogen (secondary N) is 2. The molecule has 0 saturated carbocycles. The summed E-state index contributed by atoms with van der Waals surface area (Å²) < 4.78 is 67.2. The number of fused-ring (bicyclic) bond motifs is 2. The Balaban J connectivity index is 0.000000320. The SMILES string of the molecule is COc1cc(CC2c3c(cc(OC)c(OC)c3OC)CC[NH+]2C)cc(OC)c1OC.COc1cc(CC2c3c(cc(OC)c(OC)c3OC)CC[NH+]2C)cc(OC)c1OC.[Cl-].[Cl-]. The summed E-state index contributed by atoms with van der Waals surface area (Å²) in [6.07, 6.45) is 3.45. The molecule has 2 aliphatic heterocycles. The van der Waals surface area contributed by atoms with Gasteiger partial charge in [0.05, 0.1) is 124 Å². The van der Waals surface area contributed by atoms with Crippen LogP contribution in [0.25, 0.3) is 0 Å². The fourth-order valence-corrected chi connectivity index (χ4v) is 8.67. The third kappa shape index (κ3) is 10.3. The smallest absolute Gasteiger partial charge is 0.203 e. The van der Waals surface area contributed by atoms with Crippen LogP contribution in [0.2, 0.25) is 0 Å². The molecule has 4 atom stereocenters. The van der Waals surface area contributed by atoms with E-state index in [2.05, 4.69) is 26.2 Å². The van der Waals surface area contributed by atoms with Gasteiger partial charge in [-0.15, -0.1) is 0 Å². The first-order valence-electron chi connectivity index (χ1n) is 19.9. The lowest BCUT2D eigenvalue weighted by atomic mass is 9.87. The van der Waals surface area contributed by atoms with Crippen molar-refractivity contribution in [1.82, 2.24) is 0 Å². The Morgan fingerprint density at radius 3 is 0.871 bits per heavy atom. The maximum atomic E-state index is 5.83. The number of hydrogen-bond acceptors (Lipinski definition) is 12. The van der Waals surface area contributed by atoms with Gasteiger partial charge in [-0.3, -0.25) is 0 Å². The third-order valence-electron chi connectivity index (χ3n) is 11.7. The third-order valence-corrected chi connectivity index (χ3v) is 11.7. The van der Waals surface area contributed by atoms with Crippen LogP contribution in [0.5, 0.6) is 69.0 Å². The van der Waals surface area contributed by atoms with E-state index in [9.17, 15) is 0 Å². The fraction of sp³-hybridized carbons (Fsp3) is 0.478. The molecule has 0 bridgehead atoms. The van der Waals surface area contributed by atoms with Crippen molar-refractivity contribution >= 4 is 0 Å². The first kappa shape index (κ1) is 51.3. The zero-order valence-corrected chi connectivity index (χ0v) is 40.0. The second-order valence-corrected chi connectivity index (χ2v) is 14.7. The van der Waals surface area contributed by atoms with Gasteiger partial charge in [0.25, 0.3) is 0 Å². The number of ether oxygens (including phenoxy) is 12. The van der Waals surface area contributed by atoms with Crippen LogP contribution in [0.3, 0.4) is 0 Å². The molecule has 2 aliphatic rings. The molecule has 62 heavy (non-hydrogen) atoms. The van der Waals surface area contributed by atoms with Gasteiger partial charge in [-0.2, -0.15) is 0 Å². The maximum Gasteiger partial charge on any atom is 0.203 e. The standard InChI is InChI=1S/2C23H31NO6.2ClH/c2*1-24-9-8-15-13-19(27-4)22(29-6)23(30-7)20(15)16(24)10-14-11-17(25-2)21(28-5)18(12-14)26-3;;/h2*11-13,16H,8-10H2,1-7H3;2*1H. The molecule has 2 heterocycles. The van der Waals surface area contributed by atoms with Crippen LogP contribution in [0.4, 0.5) is 0 Å². The van der Waals surface area contributed by atoms with Crippen molar-refractivity contribution in [2.45, 2.75) is 37.8 Å². The van der Waals surface area contributed by atoms with Crippen molar-refractivity contribution in [2.24, 2.45) is 0 Å². The van der Waals surface area contributed by atoms with Gasteiger partial charge in [-0.25, -0.2) is 0 Å². The lowest BCUT2D eigenvalue weighted by Gasteiger charge is -2.34. The van der Waals surface area contributed by atoms with E-state index in [4.69, 9.17) is 56.8 Å². The van der Waals surface area contributed by atoms with E-state index in [0.29, 0.717) is 57.5 Å². The quantitative estimate of drug-likeness (QED) is 0.132. The summed E-state index contributed by atoms with van der Waals surface area (Å²) in [6, 6.07) is 12.5. The Kier molecular flexibility index (Phi) is 19.4. The maximum absolute atomic E-state index is 5.83. The van der Waals surface area contributed by atoms with Gasteiger partial charge >= 0.3 is 0 Å². The zero-order valence-electron chi connectivity index (χ0n) is 38.5. The number of methoxy groups -OCH3 is 12.